The van der Waals surface area contributed by atoms with Gasteiger partial charge in [-0.2, -0.15) is 0 Å². The fourth-order valence-corrected chi connectivity index (χ4v) is 1.85. The van der Waals surface area contributed by atoms with Gasteiger partial charge < -0.3 is 19.9 Å². The highest BCUT2D eigenvalue weighted by molar-refractivity contribution is 5.46. The zero-order chi connectivity index (χ0) is 13.4. The summed E-state index contributed by atoms with van der Waals surface area (Å²) in [7, 11) is 3.27. The standard InChI is InChI=1S/C14H23NO3/c1-4-9-18-10-8-11(15)14-12(16-2)6-5-7-13(14)17-3/h5-7,11H,4,8-10,15H2,1-3H3. The van der Waals surface area contributed by atoms with Crippen molar-refractivity contribution in [3.8, 4) is 11.5 Å². The van der Waals surface area contributed by atoms with E-state index in [-0.39, 0.29) is 6.04 Å². The van der Waals surface area contributed by atoms with E-state index in [9.17, 15) is 0 Å². The third-order valence-electron chi connectivity index (χ3n) is 2.76. The Morgan fingerprint density at radius 1 is 1.11 bits per heavy atom. The van der Waals surface area contributed by atoms with Crippen LogP contribution < -0.4 is 15.2 Å². The molecule has 0 bridgehead atoms. The van der Waals surface area contributed by atoms with Crippen LogP contribution in [-0.4, -0.2) is 27.4 Å². The van der Waals surface area contributed by atoms with Crippen molar-refractivity contribution in [2.75, 3.05) is 27.4 Å². The minimum Gasteiger partial charge on any atom is -0.496 e. The maximum Gasteiger partial charge on any atom is 0.127 e. The maximum atomic E-state index is 6.19. The summed E-state index contributed by atoms with van der Waals surface area (Å²) in [6.45, 7) is 3.51. The molecule has 0 spiro atoms. The van der Waals surface area contributed by atoms with Crippen LogP contribution in [0.25, 0.3) is 0 Å². The lowest BCUT2D eigenvalue weighted by Gasteiger charge is -2.18. The summed E-state index contributed by atoms with van der Waals surface area (Å²) < 4.78 is 16.1. The second-order valence-electron chi connectivity index (χ2n) is 4.08. The molecule has 1 aromatic carbocycles. The normalized spacial score (nSPS) is 12.2. The van der Waals surface area contributed by atoms with Crippen molar-refractivity contribution in [2.24, 2.45) is 5.73 Å². The van der Waals surface area contributed by atoms with Gasteiger partial charge in [0.1, 0.15) is 11.5 Å². The SMILES string of the molecule is CCCOCCC(N)c1c(OC)cccc1OC. The zero-order valence-electron chi connectivity index (χ0n) is 11.4. The Bertz CT molecular complexity index is 333. The molecule has 0 radical (unpaired) electrons. The van der Waals surface area contributed by atoms with Gasteiger partial charge in [0.2, 0.25) is 0 Å². The molecule has 1 aromatic rings. The lowest BCUT2D eigenvalue weighted by Crippen LogP contribution is -2.15. The number of ether oxygens (including phenoxy) is 3. The fraction of sp³-hybridized carbons (Fsp3) is 0.571. The first-order chi connectivity index (χ1) is 8.74. The number of methoxy groups -OCH3 is 2. The number of benzene rings is 1. The molecule has 0 fully saturated rings. The molecule has 0 heterocycles. The summed E-state index contributed by atoms with van der Waals surface area (Å²) in [4.78, 5) is 0. The minimum absolute atomic E-state index is 0.145. The van der Waals surface area contributed by atoms with Crippen molar-refractivity contribution in [3.05, 3.63) is 23.8 Å². The molecule has 0 aliphatic heterocycles. The van der Waals surface area contributed by atoms with Gasteiger partial charge in [0.05, 0.1) is 19.8 Å². The van der Waals surface area contributed by atoms with Gasteiger partial charge in [0.25, 0.3) is 0 Å². The van der Waals surface area contributed by atoms with Crippen LogP contribution in [0.4, 0.5) is 0 Å². The Kier molecular flexibility index (Phi) is 6.54. The van der Waals surface area contributed by atoms with E-state index in [0.717, 1.165) is 36.5 Å². The van der Waals surface area contributed by atoms with Crippen LogP contribution in [0.2, 0.25) is 0 Å². The molecule has 4 heteroatoms. The predicted molar refractivity (Wildman–Crippen MR) is 72.2 cm³/mol. The lowest BCUT2D eigenvalue weighted by molar-refractivity contribution is 0.127. The summed E-state index contributed by atoms with van der Waals surface area (Å²) in [5.74, 6) is 1.52. The molecule has 0 saturated carbocycles. The van der Waals surface area contributed by atoms with Crippen molar-refractivity contribution in [3.63, 3.8) is 0 Å². The Hall–Kier alpha value is -1.26. The molecule has 1 rings (SSSR count). The van der Waals surface area contributed by atoms with E-state index in [1.807, 2.05) is 18.2 Å². The number of hydrogen-bond acceptors (Lipinski definition) is 4. The lowest BCUT2D eigenvalue weighted by atomic mass is 10.0. The van der Waals surface area contributed by atoms with Crippen LogP contribution in [-0.2, 0) is 4.74 Å². The summed E-state index contributed by atoms with van der Waals surface area (Å²) in [5.41, 5.74) is 7.10. The second-order valence-corrected chi connectivity index (χ2v) is 4.08. The van der Waals surface area contributed by atoms with Crippen LogP contribution in [0.15, 0.2) is 18.2 Å². The van der Waals surface area contributed by atoms with Crippen molar-refractivity contribution < 1.29 is 14.2 Å². The maximum absolute atomic E-state index is 6.19. The molecule has 0 aliphatic carbocycles. The van der Waals surface area contributed by atoms with Crippen molar-refractivity contribution in [2.45, 2.75) is 25.8 Å². The van der Waals surface area contributed by atoms with Crippen LogP contribution in [0.3, 0.4) is 0 Å². The summed E-state index contributed by atoms with van der Waals surface area (Å²) in [5, 5.41) is 0. The topological polar surface area (TPSA) is 53.7 Å². The van der Waals surface area contributed by atoms with Gasteiger partial charge in [-0.05, 0) is 25.0 Å². The molecule has 0 amide bonds. The predicted octanol–water partition coefficient (Wildman–Crippen LogP) is 2.52. The molecule has 0 aliphatic rings. The summed E-state index contributed by atoms with van der Waals surface area (Å²) in [6, 6.07) is 5.53. The van der Waals surface area contributed by atoms with E-state index in [1.54, 1.807) is 14.2 Å². The Labute approximate surface area is 109 Å². The van der Waals surface area contributed by atoms with Gasteiger partial charge in [-0.25, -0.2) is 0 Å². The molecule has 102 valence electrons. The number of nitrogens with two attached hydrogens (primary N) is 1. The summed E-state index contributed by atoms with van der Waals surface area (Å²) >= 11 is 0. The molecule has 1 atom stereocenters. The van der Waals surface area contributed by atoms with Gasteiger partial charge in [0, 0.05) is 19.3 Å². The third-order valence-corrected chi connectivity index (χ3v) is 2.76. The smallest absolute Gasteiger partial charge is 0.127 e. The highest BCUT2D eigenvalue weighted by atomic mass is 16.5. The largest absolute Gasteiger partial charge is 0.496 e. The average molecular weight is 253 g/mol. The van der Waals surface area contributed by atoms with Crippen LogP contribution in [0.5, 0.6) is 11.5 Å². The monoisotopic (exact) mass is 253 g/mol. The Morgan fingerprint density at radius 2 is 1.72 bits per heavy atom. The van der Waals surface area contributed by atoms with E-state index in [4.69, 9.17) is 19.9 Å². The first-order valence-electron chi connectivity index (χ1n) is 6.28. The quantitative estimate of drug-likeness (QED) is 0.723. The van der Waals surface area contributed by atoms with E-state index in [2.05, 4.69) is 6.92 Å². The third kappa shape index (κ3) is 3.89. The van der Waals surface area contributed by atoms with E-state index in [0.29, 0.717) is 6.61 Å². The van der Waals surface area contributed by atoms with E-state index < -0.39 is 0 Å². The Morgan fingerprint density at radius 3 is 2.22 bits per heavy atom. The molecule has 0 saturated heterocycles. The zero-order valence-corrected chi connectivity index (χ0v) is 11.4. The first-order valence-corrected chi connectivity index (χ1v) is 6.28. The Balaban J connectivity index is 2.73. The molecule has 2 N–H and O–H groups in total. The van der Waals surface area contributed by atoms with Gasteiger partial charge in [-0.15, -0.1) is 0 Å². The van der Waals surface area contributed by atoms with Gasteiger partial charge in [0.15, 0.2) is 0 Å². The number of hydrogen-bond donors (Lipinski definition) is 1. The van der Waals surface area contributed by atoms with Crippen molar-refractivity contribution in [1.29, 1.82) is 0 Å². The minimum atomic E-state index is -0.145. The van der Waals surface area contributed by atoms with Gasteiger partial charge in [-0.3, -0.25) is 0 Å². The second kappa shape index (κ2) is 7.95. The first kappa shape index (κ1) is 14.8. The van der Waals surface area contributed by atoms with Crippen LogP contribution in [0.1, 0.15) is 31.4 Å². The van der Waals surface area contributed by atoms with E-state index in [1.165, 1.54) is 0 Å². The van der Waals surface area contributed by atoms with Gasteiger partial charge >= 0.3 is 0 Å². The van der Waals surface area contributed by atoms with E-state index >= 15 is 0 Å². The molecule has 1 unspecified atom stereocenters. The fourth-order valence-electron chi connectivity index (χ4n) is 1.85. The highest BCUT2D eigenvalue weighted by Gasteiger charge is 2.17. The molecule has 18 heavy (non-hydrogen) atoms. The molecule has 4 nitrogen and oxygen atoms in total. The van der Waals surface area contributed by atoms with Crippen LogP contribution >= 0.6 is 0 Å². The van der Waals surface area contributed by atoms with Gasteiger partial charge in [-0.1, -0.05) is 13.0 Å². The molecule has 0 aromatic heterocycles. The van der Waals surface area contributed by atoms with Crippen molar-refractivity contribution in [1.82, 2.24) is 0 Å². The van der Waals surface area contributed by atoms with Crippen molar-refractivity contribution >= 4 is 0 Å². The van der Waals surface area contributed by atoms with Crippen LogP contribution in [0, 0.1) is 0 Å². The molecular weight excluding hydrogens is 230 g/mol. The molecular formula is C14H23NO3. The average Bonchev–Trinajstić information content (AvgIpc) is 2.42. The highest BCUT2D eigenvalue weighted by Crippen LogP contribution is 2.34. The summed E-state index contributed by atoms with van der Waals surface area (Å²) in [6.07, 6.45) is 1.77. The number of rotatable bonds is 8.